The van der Waals surface area contributed by atoms with Gasteiger partial charge in [-0.3, -0.25) is 9.97 Å². The van der Waals surface area contributed by atoms with Crippen LogP contribution in [0.25, 0.3) is 50.0 Å². The SMILES string of the molecule is CC(C)c1cccc(C(C)C)c1B1N(C)c2ccc[c-]c2-c2nccn21.CC1(C)CCC2(C)c3c(nc4c5[c-]cccc5c5cccc(c5n34)C2(C)C)-c2ccccc21.[Ir]. The molecule has 1 unspecified atom stereocenters. The van der Waals surface area contributed by atoms with Crippen molar-refractivity contribution in [2.75, 3.05) is 11.9 Å². The second kappa shape index (κ2) is 14.3. The van der Waals surface area contributed by atoms with Crippen molar-refractivity contribution in [1.82, 2.24) is 18.8 Å². The number of fused-ring (bicyclic) bond motifs is 8. The topological polar surface area (TPSA) is 38.4 Å². The normalized spacial score (nSPS) is 18.1. The van der Waals surface area contributed by atoms with E-state index in [1.807, 2.05) is 18.3 Å². The Bertz CT molecular complexity index is 2940. The average Bonchev–Trinajstić information content (AvgIpc) is 3.89. The molecule has 5 heterocycles. The van der Waals surface area contributed by atoms with E-state index in [1.165, 1.54) is 61.0 Å². The van der Waals surface area contributed by atoms with Crippen molar-refractivity contribution in [3.05, 3.63) is 150 Å². The molecule has 1 atom stereocenters. The van der Waals surface area contributed by atoms with Gasteiger partial charge in [0.1, 0.15) is 0 Å². The first kappa shape index (κ1) is 40.4. The molecule has 7 heteroatoms. The summed E-state index contributed by atoms with van der Waals surface area (Å²) in [6.45, 7) is 21.4. The average molecular weight is 964 g/mol. The molecule has 0 fully saturated rings. The molecule has 0 spiro atoms. The molecule has 3 aromatic heterocycles. The number of para-hydroxylation sites is 1. The summed E-state index contributed by atoms with van der Waals surface area (Å²) >= 11 is 0. The van der Waals surface area contributed by atoms with E-state index in [1.54, 1.807) is 0 Å². The maximum atomic E-state index is 5.47. The molecule has 2 aliphatic heterocycles. The van der Waals surface area contributed by atoms with Gasteiger partial charge in [-0.1, -0.05) is 140 Å². The minimum absolute atomic E-state index is 0. The van der Waals surface area contributed by atoms with Gasteiger partial charge in [0.15, 0.2) is 0 Å². The Labute approximate surface area is 369 Å². The summed E-state index contributed by atoms with van der Waals surface area (Å²) in [6, 6.07) is 42.1. The zero-order chi connectivity index (χ0) is 41.2. The molecule has 3 aliphatic rings. The van der Waals surface area contributed by atoms with Crippen LogP contribution in [0.2, 0.25) is 0 Å². The first-order valence-corrected chi connectivity index (χ1v) is 21.5. The third-order valence-corrected chi connectivity index (χ3v) is 14.7. The van der Waals surface area contributed by atoms with Gasteiger partial charge in [0.25, 0.3) is 0 Å². The number of hydrogen-bond donors (Lipinski definition) is 0. The third kappa shape index (κ3) is 5.61. The Balaban J connectivity index is 0.000000156. The fourth-order valence-corrected chi connectivity index (χ4v) is 11.0. The number of anilines is 1. The molecule has 1 radical (unpaired) electrons. The molecule has 0 saturated heterocycles. The van der Waals surface area contributed by atoms with Crippen molar-refractivity contribution in [3.8, 4) is 22.6 Å². The summed E-state index contributed by atoms with van der Waals surface area (Å²) in [5.74, 6) is 1.93. The Kier molecular flexibility index (Phi) is 9.65. The van der Waals surface area contributed by atoms with Gasteiger partial charge >= 0.3 is 6.98 Å². The maximum Gasteiger partial charge on any atom is 0.399 e. The Hall–Kier alpha value is -4.97. The second-order valence-electron chi connectivity index (χ2n) is 19.2. The van der Waals surface area contributed by atoms with Crippen LogP contribution in [0, 0.1) is 12.1 Å². The Morgan fingerprint density at radius 2 is 1.40 bits per heavy atom. The molecule has 1 aliphatic carbocycles. The van der Waals surface area contributed by atoms with E-state index < -0.39 is 0 Å². The number of aromatic nitrogens is 4. The summed E-state index contributed by atoms with van der Waals surface area (Å²) in [5.41, 5.74) is 15.6. The van der Waals surface area contributed by atoms with Crippen LogP contribution in [0.4, 0.5) is 5.69 Å². The summed E-state index contributed by atoms with van der Waals surface area (Å²) in [6.07, 6.45) is 6.26. The van der Waals surface area contributed by atoms with Gasteiger partial charge in [0.05, 0.1) is 11.3 Å². The van der Waals surface area contributed by atoms with Gasteiger partial charge in [0, 0.05) is 65.9 Å². The van der Waals surface area contributed by atoms with Crippen LogP contribution in [0.3, 0.4) is 0 Å². The van der Waals surface area contributed by atoms with Crippen LogP contribution in [0.15, 0.2) is 109 Å². The molecular formula is C53H54BIrN5-2. The fourth-order valence-electron chi connectivity index (χ4n) is 11.0. The van der Waals surface area contributed by atoms with Gasteiger partial charge in [-0.2, -0.15) is 0 Å². The van der Waals surface area contributed by atoms with Crippen LogP contribution >= 0.6 is 0 Å². The summed E-state index contributed by atoms with van der Waals surface area (Å²) < 4.78 is 4.81. The van der Waals surface area contributed by atoms with Gasteiger partial charge in [0.2, 0.25) is 0 Å². The van der Waals surface area contributed by atoms with Gasteiger partial charge in [-0.25, -0.2) is 0 Å². The molecule has 8 aromatic rings. The van der Waals surface area contributed by atoms with Crippen LogP contribution in [0.5, 0.6) is 0 Å². The summed E-state index contributed by atoms with van der Waals surface area (Å²) in [7, 11) is 2.18. The van der Waals surface area contributed by atoms with E-state index in [2.05, 4.69) is 191 Å². The van der Waals surface area contributed by atoms with E-state index in [4.69, 9.17) is 4.98 Å². The molecule has 0 bridgehead atoms. The third-order valence-electron chi connectivity index (χ3n) is 14.7. The number of hydrogen-bond acceptors (Lipinski definition) is 3. The minimum atomic E-state index is -0.0453. The number of nitrogens with zero attached hydrogens (tertiary/aromatic N) is 5. The van der Waals surface area contributed by atoms with E-state index >= 15 is 0 Å². The summed E-state index contributed by atoms with van der Waals surface area (Å²) in [5, 5.41) is 3.67. The zero-order valence-corrected chi connectivity index (χ0v) is 39.0. The van der Waals surface area contributed by atoms with E-state index in [0.717, 1.165) is 41.0 Å². The summed E-state index contributed by atoms with van der Waals surface area (Å²) in [4.78, 5) is 12.5. The molecule has 0 N–H and O–H groups in total. The molecular weight excluding hydrogens is 910 g/mol. The largest absolute Gasteiger partial charge is 0.436 e. The molecule has 0 saturated carbocycles. The van der Waals surface area contributed by atoms with E-state index in [9.17, 15) is 0 Å². The van der Waals surface area contributed by atoms with E-state index in [0.29, 0.717) is 11.8 Å². The molecule has 11 rings (SSSR count). The first-order chi connectivity index (χ1) is 28.3. The molecule has 0 amide bonds. The van der Waals surface area contributed by atoms with Crippen molar-refractivity contribution in [2.24, 2.45) is 0 Å². The number of imidazole rings is 2. The predicted molar refractivity (Wildman–Crippen MR) is 247 cm³/mol. The monoisotopic (exact) mass is 964 g/mol. The molecule has 5 nitrogen and oxygen atoms in total. The molecule has 5 aromatic carbocycles. The number of pyridine rings is 1. The maximum absolute atomic E-state index is 5.47. The standard InChI is InChI=1S/C31H29N2.C22H25BN3.Ir/c1-29(2)17-18-31(5)27-25(22-13-8-9-15-23(22)29)32-28-21-12-7-6-11-19(21)20-14-10-16-24(30(31,3)4)26(20)33(27)28;1-15(2)17-10-8-11-18(16(3)4)21(17)23-25(5)20-12-7-6-9-19(20)22-24-13-14-26(22)23;/h6-11,13-16H,17-18H2,1-5H3;6-8,10-16H,1-5H3;/q2*-1;. The van der Waals surface area contributed by atoms with E-state index in [-0.39, 0.29) is 43.3 Å². The van der Waals surface area contributed by atoms with Crippen molar-refractivity contribution in [2.45, 2.75) is 103 Å². The second-order valence-corrected chi connectivity index (χ2v) is 19.2. The van der Waals surface area contributed by atoms with Crippen LogP contribution in [0.1, 0.15) is 115 Å². The first-order valence-electron chi connectivity index (χ1n) is 21.5. The zero-order valence-electron chi connectivity index (χ0n) is 36.6. The molecule has 305 valence electrons. The quantitative estimate of drug-likeness (QED) is 0.101. The van der Waals surface area contributed by atoms with Gasteiger partial charge in [-0.15, -0.1) is 53.9 Å². The van der Waals surface area contributed by atoms with Crippen molar-refractivity contribution < 1.29 is 20.1 Å². The van der Waals surface area contributed by atoms with Crippen LogP contribution < -0.4 is 10.3 Å². The van der Waals surface area contributed by atoms with Crippen molar-refractivity contribution >= 4 is 45.5 Å². The van der Waals surface area contributed by atoms with Crippen LogP contribution in [-0.4, -0.2) is 32.9 Å². The Morgan fingerprint density at radius 3 is 2.15 bits per heavy atom. The van der Waals surface area contributed by atoms with Gasteiger partial charge in [-0.05, 0) is 70.2 Å². The predicted octanol–water partition coefficient (Wildman–Crippen LogP) is 12.0. The number of benzene rings is 5. The van der Waals surface area contributed by atoms with Crippen LogP contribution in [-0.2, 0) is 36.4 Å². The van der Waals surface area contributed by atoms with Gasteiger partial charge < -0.3 is 13.7 Å². The smallest absolute Gasteiger partial charge is 0.399 e. The fraction of sp³-hybridized carbons (Fsp3) is 0.321. The minimum Gasteiger partial charge on any atom is -0.436 e. The Morgan fingerprint density at radius 1 is 0.733 bits per heavy atom. The molecule has 60 heavy (non-hydrogen) atoms. The van der Waals surface area contributed by atoms with Crippen molar-refractivity contribution in [1.29, 1.82) is 0 Å². The number of rotatable bonds is 3. The van der Waals surface area contributed by atoms with Crippen molar-refractivity contribution in [3.63, 3.8) is 0 Å².